The zero-order chi connectivity index (χ0) is 11.3. The summed E-state index contributed by atoms with van der Waals surface area (Å²) in [4.78, 5) is 11.2. The Hall–Kier alpha value is -0.730. The molecule has 1 saturated heterocycles. The molecule has 2 fully saturated rings. The molecule has 2 aliphatic rings. The summed E-state index contributed by atoms with van der Waals surface area (Å²) in [6.07, 6.45) is 3.01. The quantitative estimate of drug-likeness (QED) is 0.669. The highest BCUT2D eigenvalue weighted by molar-refractivity contribution is 5.70. The standard InChI is InChI=1S/C12H21NO2/c1-10(2)5-11(3,4)7-12(6-10)8-15-9(14)13-12/h5-8H2,1-4H3,(H,13,14). The molecule has 0 radical (unpaired) electrons. The molecular weight excluding hydrogens is 190 g/mol. The van der Waals surface area contributed by atoms with Gasteiger partial charge in [-0.25, -0.2) is 4.79 Å². The zero-order valence-corrected chi connectivity index (χ0v) is 10.1. The fourth-order valence-corrected chi connectivity index (χ4v) is 4.00. The highest BCUT2D eigenvalue weighted by atomic mass is 16.6. The zero-order valence-electron chi connectivity index (χ0n) is 10.1. The molecule has 0 aromatic rings. The number of carbonyl (C=O) groups is 1. The summed E-state index contributed by atoms with van der Waals surface area (Å²) >= 11 is 0. The first-order valence-electron chi connectivity index (χ1n) is 5.67. The summed E-state index contributed by atoms with van der Waals surface area (Å²) in [5, 5.41) is 3.02. The predicted molar refractivity (Wildman–Crippen MR) is 58.6 cm³/mol. The molecule has 15 heavy (non-hydrogen) atoms. The van der Waals surface area contributed by atoms with Gasteiger partial charge in [-0.1, -0.05) is 27.7 Å². The largest absolute Gasteiger partial charge is 0.447 e. The van der Waals surface area contributed by atoms with E-state index < -0.39 is 0 Å². The lowest BCUT2D eigenvalue weighted by molar-refractivity contribution is 0.0320. The van der Waals surface area contributed by atoms with Crippen molar-refractivity contribution >= 4 is 6.09 Å². The van der Waals surface area contributed by atoms with Gasteiger partial charge in [0, 0.05) is 0 Å². The van der Waals surface area contributed by atoms with Crippen molar-refractivity contribution in [3.63, 3.8) is 0 Å². The van der Waals surface area contributed by atoms with Gasteiger partial charge >= 0.3 is 6.09 Å². The van der Waals surface area contributed by atoms with Crippen molar-refractivity contribution in [3.8, 4) is 0 Å². The van der Waals surface area contributed by atoms with Gasteiger partial charge in [0.05, 0.1) is 5.54 Å². The number of amides is 1. The van der Waals surface area contributed by atoms with Crippen LogP contribution in [0.2, 0.25) is 0 Å². The van der Waals surface area contributed by atoms with Gasteiger partial charge in [0.1, 0.15) is 6.61 Å². The number of carbonyl (C=O) groups excluding carboxylic acids is 1. The Kier molecular flexibility index (Phi) is 2.08. The molecular formula is C12H21NO2. The van der Waals surface area contributed by atoms with Gasteiger partial charge in [0.2, 0.25) is 0 Å². The second-order valence-corrected chi connectivity index (χ2v) is 6.84. The van der Waals surface area contributed by atoms with Crippen molar-refractivity contribution in [1.82, 2.24) is 5.32 Å². The Morgan fingerprint density at radius 2 is 1.60 bits per heavy atom. The molecule has 1 heterocycles. The number of rotatable bonds is 0. The first-order valence-corrected chi connectivity index (χ1v) is 5.67. The Bertz CT molecular complexity index is 278. The topological polar surface area (TPSA) is 38.3 Å². The van der Waals surface area contributed by atoms with Crippen molar-refractivity contribution in [2.24, 2.45) is 10.8 Å². The van der Waals surface area contributed by atoms with Gasteiger partial charge in [-0.2, -0.15) is 0 Å². The smallest absolute Gasteiger partial charge is 0.407 e. The lowest BCUT2D eigenvalue weighted by Gasteiger charge is -2.49. The Labute approximate surface area is 91.6 Å². The van der Waals surface area contributed by atoms with Gasteiger partial charge in [0.15, 0.2) is 0 Å². The third-order valence-corrected chi connectivity index (χ3v) is 3.44. The number of alkyl carbamates (subject to hydrolysis) is 1. The van der Waals surface area contributed by atoms with Crippen molar-refractivity contribution in [1.29, 1.82) is 0 Å². The van der Waals surface area contributed by atoms with E-state index in [2.05, 4.69) is 33.0 Å². The van der Waals surface area contributed by atoms with Gasteiger partial charge in [-0.15, -0.1) is 0 Å². The molecule has 1 amide bonds. The molecule has 86 valence electrons. The summed E-state index contributed by atoms with van der Waals surface area (Å²) in [5.74, 6) is 0. The number of ether oxygens (including phenoxy) is 1. The second kappa shape index (κ2) is 2.89. The molecule has 3 nitrogen and oxygen atoms in total. The summed E-state index contributed by atoms with van der Waals surface area (Å²) in [6.45, 7) is 9.65. The maximum Gasteiger partial charge on any atom is 0.407 e. The number of cyclic esters (lactones) is 1. The molecule has 0 unspecified atom stereocenters. The summed E-state index contributed by atoms with van der Waals surface area (Å²) < 4.78 is 5.08. The van der Waals surface area contributed by atoms with E-state index in [1.54, 1.807) is 0 Å². The van der Waals surface area contributed by atoms with E-state index in [0.29, 0.717) is 6.61 Å². The van der Waals surface area contributed by atoms with Crippen LogP contribution in [-0.4, -0.2) is 18.2 Å². The highest BCUT2D eigenvalue weighted by Gasteiger charge is 2.51. The molecule has 0 aromatic carbocycles. The van der Waals surface area contributed by atoms with E-state index in [4.69, 9.17) is 4.74 Å². The lowest BCUT2D eigenvalue weighted by Crippen LogP contribution is -2.54. The van der Waals surface area contributed by atoms with Crippen LogP contribution in [0.3, 0.4) is 0 Å². The molecule has 1 aliphatic carbocycles. The number of nitrogens with one attached hydrogen (secondary N) is 1. The maximum absolute atomic E-state index is 11.2. The fraction of sp³-hybridized carbons (Fsp3) is 0.917. The molecule has 1 N–H and O–H groups in total. The van der Waals surface area contributed by atoms with E-state index >= 15 is 0 Å². The first-order chi connectivity index (χ1) is 6.72. The monoisotopic (exact) mass is 211 g/mol. The van der Waals surface area contributed by atoms with Crippen LogP contribution in [0.15, 0.2) is 0 Å². The third kappa shape index (κ3) is 2.11. The Balaban J connectivity index is 2.23. The molecule has 0 atom stereocenters. The summed E-state index contributed by atoms with van der Waals surface area (Å²) in [7, 11) is 0. The Morgan fingerprint density at radius 3 is 2.00 bits per heavy atom. The lowest BCUT2D eigenvalue weighted by atomic mass is 9.59. The average molecular weight is 211 g/mol. The van der Waals surface area contributed by atoms with Crippen molar-refractivity contribution in [2.75, 3.05) is 6.61 Å². The second-order valence-electron chi connectivity index (χ2n) is 6.84. The maximum atomic E-state index is 11.2. The highest BCUT2D eigenvalue weighted by Crippen LogP contribution is 2.50. The van der Waals surface area contributed by atoms with Crippen LogP contribution in [-0.2, 0) is 4.74 Å². The van der Waals surface area contributed by atoms with Crippen molar-refractivity contribution < 1.29 is 9.53 Å². The van der Waals surface area contributed by atoms with E-state index in [0.717, 1.165) is 12.8 Å². The van der Waals surface area contributed by atoms with Crippen molar-refractivity contribution in [3.05, 3.63) is 0 Å². The van der Waals surface area contributed by atoms with E-state index in [-0.39, 0.29) is 22.5 Å². The fourth-order valence-electron chi connectivity index (χ4n) is 4.00. The third-order valence-electron chi connectivity index (χ3n) is 3.44. The minimum Gasteiger partial charge on any atom is -0.447 e. The van der Waals surface area contributed by atoms with Gasteiger partial charge in [0.25, 0.3) is 0 Å². The van der Waals surface area contributed by atoms with Crippen LogP contribution in [0.1, 0.15) is 47.0 Å². The molecule has 0 aromatic heterocycles. The van der Waals surface area contributed by atoms with Crippen LogP contribution >= 0.6 is 0 Å². The number of hydrogen-bond donors (Lipinski definition) is 1. The molecule has 1 spiro atoms. The summed E-state index contributed by atoms with van der Waals surface area (Å²) in [5.41, 5.74) is 0.452. The van der Waals surface area contributed by atoms with Gasteiger partial charge in [-0.3, -0.25) is 0 Å². The molecule has 1 aliphatic heterocycles. The average Bonchev–Trinajstić information content (AvgIpc) is 2.23. The van der Waals surface area contributed by atoms with E-state index in [1.165, 1.54) is 6.42 Å². The first kappa shape index (κ1) is 10.8. The number of hydrogen-bond acceptors (Lipinski definition) is 2. The van der Waals surface area contributed by atoms with Crippen LogP contribution in [0.4, 0.5) is 4.79 Å². The molecule has 1 saturated carbocycles. The SMILES string of the molecule is CC1(C)CC(C)(C)CC2(COC(=O)N2)C1. The summed E-state index contributed by atoms with van der Waals surface area (Å²) in [6, 6.07) is 0. The van der Waals surface area contributed by atoms with Crippen LogP contribution in [0, 0.1) is 10.8 Å². The molecule has 3 heteroatoms. The van der Waals surface area contributed by atoms with Crippen LogP contribution in [0.25, 0.3) is 0 Å². The van der Waals surface area contributed by atoms with Crippen molar-refractivity contribution in [2.45, 2.75) is 52.5 Å². The normalized spacial score (nSPS) is 31.1. The Morgan fingerprint density at radius 1 is 1.07 bits per heavy atom. The minimum atomic E-state index is -0.247. The van der Waals surface area contributed by atoms with Gasteiger partial charge in [-0.05, 0) is 30.1 Å². The predicted octanol–water partition coefficient (Wildman–Crippen LogP) is 2.70. The van der Waals surface area contributed by atoms with E-state index in [9.17, 15) is 4.79 Å². The molecule has 2 rings (SSSR count). The van der Waals surface area contributed by atoms with E-state index in [1.807, 2.05) is 0 Å². The van der Waals surface area contributed by atoms with Crippen LogP contribution < -0.4 is 5.32 Å². The van der Waals surface area contributed by atoms with Crippen LogP contribution in [0.5, 0.6) is 0 Å². The van der Waals surface area contributed by atoms with Gasteiger partial charge < -0.3 is 10.1 Å². The minimum absolute atomic E-state index is 0.109. The molecule has 0 bridgehead atoms.